The fourth-order valence-electron chi connectivity index (χ4n) is 2.87. The van der Waals surface area contributed by atoms with Gasteiger partial charge in [0.05, 0.1) is 23.9 Å². The van der Waals surface area contributed by atoms with Crippen LogP contribution in [-0.4, -0.2) is 36.2 Å². The van der Waals surface area contributed by atoms with Gasteiger partial charge in [0, 0.05) is 29.9 Å². The molecule has 134 valence electrons. The van der Waals surface area contributed by atoms with Crippen LogP contribution < -0.4 is 4.74 Å². The summed E-state index contributed by atoms with van der Waals surface area (Å²) in [4.78, 5) is 20.4. The number of aromatic nitrogens is 1. The Balaban J connectivity index is 1.84. The molecule has 26 heavy (non-hydrogen) atoms. The number of aryl methyl sites for hydroxylation is 1. The number of ether oxygens (including phenoxy) is 1. The van der Waals surface area contributed by atoms with Gasteiger partial charge < -0.3 is 9.64 Å². The van der Waals surface area contributed by atoms with Gasteiger partial charge in [-0.25, -0.2) is 0 Å². The predicted molar refractivity (Wildman–Crippen MR) is 107 cm³/mol. The molecule has 0 N–H and O–H groups in total. The van der Waals surface area contributed by atoms with Crippen molar-refractivity contribution in [2.24, 2.45) is 0 Å². The van der Waals surface area contributed by atoms with E-state index in [4.69, 9.17) is 4.74 Å². The van der Waals surface area contributed by atoms with Gasteiger partial charge >= 0.3 is 0 Å². The minimum absolute atomic E-state index is 0.0262. The highest BCUT2D eigenvalue weighted by molar-refractivity contribution is 7.98. The lowest BCUT2D eigenvalue weighted by atomic mass is 10.1. The molecule has 0 saturated heterocycles. The average molecular weight is 366 g/mol. The van der Waals surface area contributed by atoms with Crippen molar-refractivity contribution in [2.45, 2.75) is 18.4 Å². The van der Waals surface area contributed by atoms with Crippen LogP contribution in [0, 0.1) is 6.92 Å². The zero-order chi connectivity index (χ0) is 18.7. The Kier molecular flexibility index (Phi) is 5.47. The Morgan fingerprint density at radius 3 is 2.54 bits per heavy atom. The number of hydrogen-bond acceptors (Lipinski definition) is 4. The Bertz CT molecular complexity index is 939. The Morgan fingerprint density at radius 2 is 1.88 bits per heavy atom. The number of rotatable bonds is 5. The number of nitrogens with zero attached hydrogens (tertiary/aromatic N) is 2. The molecule has 4 nitrogen and oxygen atoms in total. The zero-order valence-electron chi connectivity index (χ0n) is 15.4. The summed E-state index contributed by atoms with van der Waals surface area (Å²) < 4.78 is 5.24. The monoisotopic (exact) mass is 366 g/mol. The van der Waals surface area contributed by atoms with Gasteiger partial charge in [0.25, 0.3) is 5.91 Å². The summed E-state index contributed by atoms with van der Waals surface area (Å²) in [5.74, 6) is 0.732. The second kappa shape index (κ2) is 7.79. The second-order valence-corrected chi connectivity index (χ2v) is 7.07. The molecule has 0 unspecified atom stereocenters. The number of benzene rings is 2. The van der Waals surface area contributed by atoms with Crippen molar-refractivity contribution < 1.29 is 9.53 Å². The van der Waals surface area contributed by atoms with Gasteiger partial charge in [-0.15, -0.1) is 11.8 Å². The molecule has 1 aromatic heterocycles. The molecule has 0 aliphatic carbocycles. The minimum Gasteiger partial charge on any atom is -0.497 e. The lowest BCUT2D eigenvalue weighted by Gasteiger charge is -2.19. The fraction of sp³-hybridized carbons (Fsp3) is 0.238. The van der Waals surface area contributed by atoms with Crippen molar-refractivity contribution >= 4 is 28.6 Å². The van der Waals surface area contributed by atoms with E-state index in [1.54, 1.807) is 23.8 Å². The molecule has 0 radical (unpaired) electrons. The molecule has 5 heteroatoms. The molecule has 0 saturated carbocycles. The molecule has 1 heterocycles. The number of fused-ring (bicyclic) bond motifs is 1. The first-order valence-corrected chi connectivity index (χ1v) is 9.58. The van der Waals surface area contributed by atoms with Crippen LogP contribution in [0.2, 0.25) is 0 Å². The molecule has 0 spiro atoms. The highest BCUT2D eigenvalue weighted by Gasteiger charge is 2.16. The first-order valence-electron chi connectivity index (χ1n) is 8.35. The van der Waals surface area contributed by atoms with E-state index in [-0.39, 0.29) is 5.91 Å². The van der Waals surface area contributed by atoms with Crippen LogP contribution in [0.1, 0.15) is 21.6 Å². The molecule has 0 atom stereocenters. The average Bonchev–Trinajstić information content (AvgIpc) is 2.67. The topological polar surface area (TPSA) is 42.4 Å². The summed E-state index contributed by atoms with van der Waals surface area (Å²) in [5, 5.41) is 0.928. The molecular formula is C21H22N2O2S. The van der Waals surface area contributed by atoms with E-state index >= 15 is 0 Å². The Morgan fingerprint density at radius 1 is 1.15 bits per heavy atom. The third kappa shape index (κ3) is 3.83. The number of carbonyl (C=O) groups excluding carboxylic acids is 1. The predicted octanol–water partition coefficient (Wildman–Crippen LogP) is 4.55. The van der Waals surface area contributed by atoms with Gasteiger partial charge in [0.2, 0.25) is 0 Å². The molecule has 2 aromatic carbocycles. The summed E-state index contributed by atoms with van der Waals surface area (Å²) in [6.07, 6.45) is 2.05. The third-order valence-electron chi connectivity index (χ3n) is 4.37. The van der Waals surface area contributed by atoms with Gasteiger partial charge in [-0.05, 0) is 49.1 Å². The van der Waals surface area contributed by atoms with Crippen LogP contribution in [0.3, 0.4) is 0 Å². The van der Waals surface area contributed by atoms with Crippen molar-refractivity contribution in [1.82, 2.24) is 9.88 Å². The Hall–Kier alpha value is -2.53. The number of carbonyl (C=O) groups is 1. The SMILES string of the molecule is COc1ccc2cc(C(=O)N(C)Cc3ccc(SC)cc3)c(C)nc2c1. The standard InChI is InChI=1S/C21H22N2O2S/c1-14-19(11-16-7-8-17(25-3)12-20(16)22-14)21(24)23(2)13-15-5-9-18(26-4)10-6-15/h5-12H,13H2,1-4H3. The maximum absolute atomic E-state index is 12.9. The van der Waals surface area contributed by atoms with Gasteiger partial charge in [-0.3, -0.25) is 9.78 Å². The fourth-order valence-corrected chi connectivity index (χ4v) is 3.28. The van der Waals surface area contributed by atoms with E-state index in [0.29, 0.717) is 12.1 Å². The van der Waals surface area contributed by atoms with Crippen LogP contribution in [0.15, 0.2) is 53.4 Å². The number of methoxy groups -OCH3 is 1. The molecule has 0 aliphatic heterocycles. The molecule has 3 rings (SSSR count). The van der Waals surface area contributed by atoms with Crippen LogP contribution in [-0.2, 0) is 6.54 Å². The van der Waals surface area contributed by atoms with E-state index in [0.717, 1.165) is 27.9 Å². The van der Waals surface area contributed by atoms with Crippen LogP contribution >= 0.6 is 11.8 Å². The summed E-state index contributed by atoms with van der Waals surface area (Å²) in [6, 6.07) is 15.9. The summed E-state index contributed by atoms with van der Waals surface area (Å²) in [6.45, 7) is 2.43. The van der Waals surface area contributed by atoms with E-state index in [1.165, 1.54) is 4.90 Å². The number of pyridine rings is 1. The van der Waals surface area contributed by atoms with Crippen molar-refractivity contribution in [3.63, 3.8) is 0 Å². The van der Waals surface area contributed by atoms with Crippen LogP contribution in [0.4, 0.5) is 0 Å². The number of hydrogen-bond donors (Lipinski definition) is 0. The summed E-state index contributed by atoms with van der Waals surface area (Å²) in [5.41, 5.74) is 3.29. The zero-order valence-corrected chi connectivity index (χ0v) is 16.3. The number of thioether (sulfide) groups is 1. The Labute approximate surface area is 158 Å². The second-order valence-electron chi connectivity index (χ2n) is 6.19. The maximum Gasteiger partial charge on any atom is 0.255 e. The first kappa shape index (κ1) is 18.3. The molecule has 0 aliphatic rings. The lowest BCUT2D eigenvalue weighted by Crippen LogP contribution is -2.27. The molecular weight excluding hydrogens is 344 g/mol. The lowest BCUT2D eigenvalue weighted by molar-refractivity contribution is 0.0784. The normalized spacial score (nSPS) is 10.8. The van der Waals surface area contributed by atoms with Gasteiger partial charge in [-0.2, -0.15) is 0 Å². The molecule has 1 amide bonds. The van der Waals surface area contributed by atoms with Crippen molar-refractivity contribution in [2.75, 3.05) is 20.4 Å². The van der Waals surface area contributed by atoms with Crippen molar-refractivity contribution in [3.8, 4) is 5.75 Å². The highest BCUT2D eigenvalue weighted by Crippen LogP contribution is 2.23. The smallest absolute Gasteiger partial charge is 0.255 e. The maximum atomic E-state index is 12.9. The minimum atomic E-state index is -0.0262. The van der Waals surface area contributed by atoms with E-state index in [2.05, 4.69) is 35.5 Å². The first-order chi connectivity index (χ1) is 12.5. The largest absolute Gasteiger partial charge is 0.497 e. The number of amides is 1. The van der Waals surface area contributed by atoms with Gasteiger partial charge in [-0.1, -0.05) is 12.1 Å². The van der Waals surface area contributed by atoms with Crippen LogP contribution in [0.25, 0.3) is 10.9 Å². The van der Waals surface area contributed by atoms with E-state index < -0.39 is 0 Å². The van der Waals surface area contributed by atoms with Crippen molar-refractivity contribution in [1.29, 1.82) is 0 Å². The summed E-state index contributed by atoms with van der Waals surface area (Å²) in [7, 11) is 3.45. The van der Waals surface area contributed by atoms with Crippen LogP contribution in [0.5, 0.6) is 5.75 Å². The van der Waals surface area contributed by atoms with Gasteiger partial charge in [0.1, 0.15) is 5.75 Å². The van der Waals surface area contributed by atoms with E-state index in [1.807, 2.05) is 38.2 Å². The molecule has 0 bridgehead atoms. The van der Waals surface area contributed by atoms with Crippen molar-refractivity contribution in [3.05, 3.63) is 65.4 Å². The third-order valence-corrected chi connectivity index (χ3v) is 5.11. The molecule has 3 aromatic rings. The van der Waals surface area contributed by atoms with E-state index in [9.17, 15) is 4.79 Å². The molecule has 0 fully saturated rings. The van der Waals surface area contributed by atoms with Gasteiger partial charge in [0.15, 0.2) is 0 Å². The quantitative estimate of drug-likeness (QED) is 0.622. The summed E-state index contributed by atoms with van der Waals surface area (Å²) >= 11 is 1.71. The highest BCUT2D eigenvalue weighted by atomic mass is 32.2.